The highest BCUT2D eigenvalue weighted by Crippen LogP contribution is 2.26. The van der Waals surface area contributed by atoms with Crippen LogP contribution in [0, 0.1) is 5.92 Å². The molecule has 0 aromatic rings. The van der Waals surface area contributed by atoms with E-state index in [0.717, 1.165) is 25.7 Å². The molecule has 0 radical (unpaired) electrons. The second-order valence-corrected chi connectivity index (χ2v) is 4.81. The quantitative estimate of drug-likeness (QED) is 0.715. The van der Waals surface area contributed by atoms with Crippen LogP contribution in [0.5, 0.6) is 0 Å². The maximum Gasteiger partial charge on any atom is 0.335 e. The number of aliphatic hydroxyl groups is 1. The minimum atomic E-state index is -0.914. The molecule has 94 valence electrons. The van der Waals surface area contributed by atoms with Gasteiger partial charge in [-0.25, -0.2) is 4.79 Å². The molecule has 1 aliphatic rings. The van der Waals surface area contributed by atoms with Gasteiger partial charge in [-0.3, -0.25) is 0 Å². The van der Waals surface area contributed by atoms with Gasteiger partial charge in [0, 0.05) is 6.54 Å². The molecule has 0 unspecified atom stereocenters. The predicted molar refractivity (Wildman–Crippen MR) is 62.1 cm³/mol. The van der Waals surface area contributed by atoms with Crippen molar-refractivity contribution >= 4 is 5.97 Å². The van der Waals surface area contributed by atoms with Crippen LogP contribution in [0.25, 0.3) is 0 Å². The van der Waals surface area contributed by atoms with Crippen molar-refractivity contribution in [2.24, 2.45) is 5.92 Å². The molecule has 16 heavy (non-hydrogen) atoms. The molecule has 1 atom stereocenters. The van der Waals surface area contributed by atoms with Crippen LogP contribution in [0.3, 0.4) is 0 Å². The van der Waals surface area contributed by atoms with Gasteiger partial charge in [0.05, 0.1) is 0 Å². The van der Waals surface area contributed by atoms with E-state index in [0.29, 0.717) is 13.2 Å². The molecule has 0 aromatic carbocycles. The standard InChI is InChI=1S/C12H23NO3/c1-13(2)8-9-16-12(15)11(14)10-6-4-3-5-7-10/h10-11,14H,3-9H2,1-2H3/t11-/m0/s1. The number of carbonyl (C=O) groups excluding carboxylic acids is 1. The van der Waals surface area contributed by atoms with E-state index in [1.165, 1.54) is 6.42 Å². The summed E-state index contributed by atoms with van der Waals surface area (Å²) in [6.07, 6.45) is 4.44. The summed E-state index contributed by atoms with van der Waals surface area (Å²) >= 11 is 0. The minimum Gasteiger partial charge on any atom is -0.462 e. The topological polar surface area (TPSA) is 49.8 Å². The molecule has 0 amide bonds. The van der Waals surface area contributed by atoms with Crippen LogP contribution >= 0.6 is 0 Å². The molecule has 0 aromatic heterocycles. The summed E-state index contributed by atoms with van der Waals surface area (Å²) in [7, 11) is 3.84. The highest BCUT2D eigenvalue weighted by Gasteiger charge is 2.28. The Morgan fingerprint density at radius 3 is 2.56 bits per heavy atom. The average Bonchev–Trinajstić information content (AvgIpc) is 2.28. The number of ether oxygens (including phenoxy) is 1. The Morgan fingerprint density at radius 2 is 2.00 bits per heavy atom. The second kappa shape index (κ2) is 6.86. The van der Waals surface area contributed by atoms with Crippen LogP contribution in [0.2, 0.25) is 0 Å². The first-order valence-electron chi connectivity index (χ1n) is 6.10. The SMILES string of the molecule is CN(C)CCOC(=O)[C@@H](O)C1CCCCC1. The molecule has 0 bridgehead atoms. The number of rotatable bonds is 5. The van der Waals surface area contributed by atoms with Crippen LogP contribution in [-0.2, 0) is 9.53 Å². The van der Waals surface area contributed by atoms with Crippen LogP contribution < -0.4 is 0 Å². The molecule has 0 saturated heterocycles. The molecule has 0 spiro atoms. The lowest BCUT2D eigenvalue weighted by Crippen LogP contribution is -2.34. The van der Waals surface area contributed by atoms with Crippen LogP contribution in [0.1, 0.15) is 32.1 Å². The normalized spacial score (nSPS) is 19.8. The van der Waals surface area contributed by atoms with Crippen molar-refractivity contribution in [3.05, 3.63) is 0 Å². The summed E-state index contributed by atoms with van der Waals surface area (Å²) in [5.41, 5.74) is 0. The summed E-state index contributed by atoms with van der Waals surface area (Å²) in [4.78, 5) is 13.5. The van der Waals surface area contributed by atoms with Gasteiger partial charge in [0.2, 0.25) is 0 Å². The Morgan fingerprint density at radius 1 is 1.38 bits per heavy atom. The molecule has 1 saturated carbocycles. The number of esters is 1. The molecular formula is C12H23NO3. The molecule has 0 aliphatic heterocycles. The van der Waals surface area contributed by atoms with Gasteiger partial charge in [0.25, 0.3) is 0 Å². The summed E-state index contributed by atoms with van der Waals surface area (Å²) in [6, 6.07) is 0. The summed E-state index contributed by atoms with van der Waals surface area (Å²) in [5.74, 6) is -0.339. The Bertz CT molecular complexity index is 212. The maximum atomic E-state index is 11.5. The van der Waals surface area contributed by atoms with Gasteiger partial charge in [-0.15, -0.1) is 0 Å². The van der Waals surface area contributed by atoms with Gasteiger partial charge in [-0.1, -0.05) is 19.3 Å². The fourth-order valence-corrected chi connectivity index (χ4v) is 2.06. The van der Waals surface area contributed by atoms with Crippen LogP contribution in [0.15, 0.2) is 0 Å². The van der Waals surface area contributed by atoms with E-state index in [2.05, 4.69) is 0 Å². The third-order valence-corrected chi connectivity index (χ3v) is 3.12. The zero-order chi connectivity index (χ0) is 12.0. The van der Waals surface area contributed by atoms with Crippen LogP contribution in [-0.4, -0.2) is 49.3 Å². The van der Waals surface area contributed by atoms with Crippen molar-refractivity contribution in [2.45, 2.75) is 38.2 Å². The van der Waals surface area contributed by atoms with E-state index in [4.69, 9.17) is 4.74 Å². The van der Waals surface area contributed by atoms with Crippen molar-refractivity contribution in [2.75, 3.05) is 27.2 Å². The van der Waals surface area contributed by atoms with Gasteiger partial charge in [-0.05, 0) is 32.9 Å². The summed E-state index contributed by atoms with van der Waals surface area (Å²) < 4.78 is 5.04. The van der Waals surface area contributed by atoms with E-state index in [1.807, 2.05) is 19.0 Å². The van der Waals surface area contributed by atoms with E-state index < -0.39 is 12.1 Å². The molecule has 0 heterocycles. The summed E-state index contributed by atoms with van der Waals surface area (Å²) in [5, 5.41) is 9.82. The lowest BCUT2D eigenvalue weighted by molar-refractivity contribution is -0.157. The fraction of sp³-hybridized carbons (Fsp3) is 0.917. The van der Waals surface area contributed by atoms with Crippen molar-refractivity contribution in [3.8, 4) is 0 Å². The van der Waals surface area contributed by atoms with Crippen molar-refractivity contribution in [1.82, 2.24) is 4.90 Å². The zero-order valence-corrected chi connectivity index (χ0v) is 10.3. The third-order valence-electron chi connectivity index (χ3n) is 3.12. The van der Waals surface area contributed by atoms with Crippen molar-refractivity contribution in [1.29, 1.82) is 0 Å². The van der Waals surface area contributed by atoms with Gasteiger partial charge in [0.15, 0.2) is 6.10 Å². The first kappa shape index (κ1) is 13.5. The zero-order valence-electron chi connectivity index (χ0n) is 10.3. The van der Waals surface area contributed by atoms with E-state index in [9.17, 15) is 9.90 Å². The van der Waals surface area contributed by atoms with E-state index in [-0.39, 0.29) is 5.92 Å². The molecule has 1 rings (SSSR count). The fourth-order valence-electron chi connectivity index (χ4n) is 2.06. The minimum absolute atomic E-state index is 0.112. The van der Waals surface area contributed by atoms with Gasteiger partial charge >= 0.3 is 5.97 Å². The molecule has 4 nitrogen and oxygen atoms in total. The number of aliphatic hydroxyl groups excluding tert-OH is 1. The number of hydrogen-bond donors (Lipinski definition) is 1. The third kappa shape index (κ3) is 4.49. The Kier molecular flexibility index (Phi) is 5.77. The average molecular weight is 229 g/mol. The lowest BCUT2D eigenvalue weighted by Gasteiger charge is -2.25. The monoisotopic (exact) mass is 229 g/mol. The Balaban J connectivity index is 2.23. The number of nitrogens with zero attached hydrogens (tertiary/aromatic N) is 1. The van der Waals surface area contributed by atoms with Crippen LogP contribution in [0.4, 0.5) is 0 Å². The molecule has 1 N–H and O–H groups in total. The predicted octanol–water partition coefficient (Wildman–Crippen LogP) is 1.03. The molecule has 4 heteroatoms. The Labute approximate surface area is 97.6 Å². The van der Waals surface area contributed by atoms with E-state index in [1.54, 1.807) is 0 Å². The van der Waals surface area contributed by atoms with Gasteiger partial charge in [0.1, 0.15) is 6.61 Å². The molecule has 1 fully saturated rings. The lowest BCUT2D eigenvalue weighted by atomic mass is 9.85. The smallest absolute Gasteiger partial charge is 0.335 e. The van der Waals surface area contributed by atoms with Crippen molar-refractivity contribution < 1.29 is 14.6 Å². The second-order valence-electron chi connectivity index (χ2n) is 4.81. The summed E-state index contributed by atoms with van der Waals surface area (Å²) in [6.45, 7) is 1.05. The number of likely N-dealkylation sites (N-methyl/N-ethyl adjacent to an activating group) is 1. The highest BCUT2D eigenvalue weighted by molar-refractivity contribution is 5.74. The first-order valence-corrected chi connectivity index (χ1v) is 6.10. The number of hydrogen-bond acceptors (Lipinski definition) is 4. The first-order chi connectivity index (χ1) is 7.61. The van der Waals surface area contributed by atoms with E-state index >= 15 is 0 Å². The molecule has 1 aliphatic carbocycles. The highest BCUT2D eigenvalue weighted by atomic mass is 16.5. The molecular weight excluding hydrogens is 206 g/mol. The number of carbonyl (C=O) groups is 1. The van der Waals surface area contributed by atoms with Gasteiger partial charge < -0.3 is 14.7 Å². The van der Waals surface area contributed by atoms with Crippen molar-refractivity contribution in [3.63, 3.8) is 0 Å². The largest absolute Gasteiger partial charge is 0.462 e. The maximum absolute atomic E-state index is 11.5. The van der Waals surface area contributed by atoms with Gasteiger partial charge in [-0.2, -0.15) is 0 Å². The Hall–Kier alpha value is -0.610.